The van der Waals surface area contributed by atoms with Crippen molar-refractivity contribution in [3.63, 3.8) is 0 Å². The van der Waals surface area contributed by atoms with Crippen molar-refractivity contribution in [2.75, 3.05) is 11.7 Å². The number of H-pyrrole nitrogens is 1. The van der Waals surface area contributed by atoms with Crippen LogP contribution < -0.4 is 10.5 Å². The van der Waals surface area contributed by atoms with Crippen molar-refractivity contribution < 1.29 is 4.39 Å². The van der Waals surface area contributed by atoms with Crippen molar-refractivity contribution >= 4 is 16.6 Å². The molecule has 0 atom stereocenters. The lowest BCUT2D eigenvalue weighted by molar-refractivity contribution is 0.352. The van der Waals surface area contributed by atoms with Crippen molar-refractivity contribution in [1.82, 2.24) is 15.4 Å². The van der Waals surface area contributed by atoms with Crippen LogP contribution in [0.4, 0.5) is 10.1 Å². The molecule has 2 N–H and O–H groups in total. The van der Waals surface area contributed by atoms with E-state index in [2.05, 4.69) is 46.6 Å². The summed E-state index contributed by atoms with van der Waals surface area (Å²) in [6, 6.07) is 13.2. The number of nitrogens with zero attached hydrogens (tertiary/aromatic N) is 2. The molecular formula is C19H19FN4. The second-order valence-electron chi connectivity index (χ2n) is 6.01. The zero-order valence-electron chi connectivity index (χ0n) is 13.5. The van der Waals surface area contributed by atoms with E-state index in [1.165, 1.54) is 11.6 Å². The molecule has 1 aromatic heterocycles. The van der Waals surface area contributed by atoms with E-state index < -0.39 is 0 Å². The van der Waals surface area contributed by atoms with Crippen LogP contribution >= 0.6 is 0 Å². The number of hydrazine groups is 2. The normalized spacial score (nSPS) is 13.8. The Balaban J connectivity index is 1.50. The lowest BCUT2D eigenvalue weighted by Crippen LogP contribution is -2.42. The molecule has 122 valence electrons. The van der Waals surface area contributed by atoms with Gasteiger partial charge in [0, 0.05) is 36.0 Å². The van der Waals surface area contributed by atoms with Gasteiger partial charge in [-0.05, 0) is 49.2 Å². The van der Waals surface area contributed by atoms with Crippen LogP contribution in [-0.2, 0) is 6.42 Å². The fourth-order valence-electron chi connectivity index (χ4n) is 3.01. The number of hydrogen-bond donors (Lipinski definition) is 2. The van der Waals surface area contributed by atoms with Crippen LogP contribution in [0.2, 0.25) is 0 Å². The highest BCUT2D eigenvalue weighted by Crippen LogP contribution is 2.22. The summed E-state index contributed by atoms with van der Waals surface area (Å²) >= 11 is 0. The van der Waals surface area contributed by atoms with Crippen LogP contribution in [0.15, 0.2) is 61.1 Å². The standard InChI is InChI=1S/C19H19FN4/c1-14-2-5-17(6-3-14)24-22-9-11-23(24)10-8-15-13-21-19-7-4-16(20)12-18(15)19/h2-7,9,11-13,21-22H,8,10H2,1H3. The molecule has 0 spiro atoms. The molecule has 0 saturated carbocycles. The topological polar surface area (TPSA) is 34.3 Å². The number of hydrogen-bond acceptors (Lipinski definition) is 3. The number of nitrogens with one attached hydrogen (secondary N) is 2. The summed E-state index contributed by atoms with van der Waals surface area (Å²) in [7, 11) is 0. The van der Waals surface area contributed by atoms with E-state index in [0.717, 1.165) is 35.1 Å². The smallest absolute Gasteiger partial charge is 0.123 e. The molecule has 4 rings (SSSR count). The van der Waals surface area contributed by atoms with Gasteiger partial charge in [0.25, 0.3) is 0 Å². The van der Waals surface area contributed by atoms with Gasteiger partial charge in [-0.25, -0.2) is 4.39 Å². The molecule has 0 saturated heterocycles. The Morgan fingerprint density at radius 3 is 2.75 bits per heavy atom. The first-order valence-electron chi connectivity index (χ1n) is 8.02. The Hall–Kier alpha value is -2.95. The average molecular weight is 322 g/mol. The molecule has 5 heteroatoms. The third-order valence-electron chi connectivity index (χ3n) is 4.32. The van der Waals surface area contributed by atoms with E-state index in [1.807, 2.05) is 23.7 Å². The Bertz CT molecular complexity index is 882. The third-order valence-corrected chi connectivity index (χ3v) is 4.32. The van der Waals surface area contributed by atoms with Gasteiger partial charge in [-0.2, -0.15) is 5.12 Å². The van der Waals surface area contributed by atoms with Gasteiger partial charge in [0.1, 0.15) is 5.82 Å². The summed E-state index contributed by atoms with van der Waals surface area (Å²) in [4.78, 5) is 3.21. The zero-order chi connectivity index (χ0) is 16.5. The van der Waals surface area contributed by atoms with Crippen LogP contribution in [-0.4, -0.2) is 16.5 Å². The predicted molar refractivity (Wildman–Crippen MR) is 94.6 cm³/mol. The molecule has 2 aromatic carbocycles. The fraction of sp³-hybridized carbons (Fsp3) is 0.158. The van der Waals surface area contributed by atoms with Crippen LogP contribution in [0.5, 0.6) is 0 Å². The van der Waals surface area contributed by atoms with Gasteiger partial charge in [0.15, 0.2) is 0 Å². The first-order chi connectivity index (χ1) is 11.7. The molecule has 1 aliphatic rings. The molecule has 0 unspecified atom stereocenters. The van der Waals surface area contributed by atoms with Gasteiger partial charge >= 0.3 is 0 Å². The summed E-state index contributed by atoms with van der Waals surface area (Å²) in [6.07, 6.45) is 6.70. The fourth-order valence-corrected chi connectivity index (χ4v) is 3.01. The molecule has 0 bridgehead atoms. The minimum absolute atomic E-state index is 0.202. The monoisotopic (exact) mass is 322 g/mol. The SMILES string of the molecule is Cc1ccc(N2NC=CN2CCc2c[nH]c3ccc(F)cc23)cc1. The number of rotatable bonds is 4. The lowest BCUT2D eigenvalue weighted by atomic mass is 10.1. The minimum atomic E-state index is -0.202. The minimum Gasteiger partial charge on any atom is -0.361 e. The summed E-state index contributed by atoms with van der Waals surface area (Å²) in [5.41, 5.74) is 7.63. The van der Waals surface area contributed by atoms with E-state index in [4.69, 9.17) is 0 Å². The molecule has 24 heavy (non-hydrogen) atoms. The van der Waals surface area contributed by atoms with E-state index in [-0.39, 0.29) is 5.82 Å². The molecule has 2 heterocycles. The highest BCUT2D eigenvalue weighted by molar-refractivity contribution is 5.83. The van der Waals surface area contributed by atoms with Crippen LogP contribution in [0.1, 0.15) is 11.1 Å². The quantitative estimate of drug-likeness (QED) is 0.765. The van der Waals surface area contributed by atoms with E-state index in [1.54, 1.807) is 12.1 Å². The van der Waals surface area contributed by atoms with Gasteiger partial charge in [0.2, 0.25) is 0 Å². The van der Waals surface area contributed by atoms with E-state index in [0.29, 0.717) is 0 Å². The maximum Gasteiger partial charge on any atom is 0.123 e. The molecule has 4 nitrogen and oxygen atoms in total. The van der Waals surface area contributed by atoms with Crippen LogP contribution in [0, 0.1) is 12.7 Å². The second-order valence-corrected chi connectivity index (χ2v) is 6.01. The van der Waals surface area contributed by atoms with Gasteiger partial charge in [-0.15, -0.1) is 0 Å². The Morgan fingerprint density at radius 1 is 1.08 bits per heavy atom. The van der Waals surface area contributed by atoms with Crippen molar-refractivity contribution in [3.05, 3.63) is 78.0 Å². The summed E-state index contributed by atoms with van der Waals surface area (Å²) in [6.45, 7) is 2.87. The maximum atomic E-state index is 13.5. The van der Waals surface area contributed by atoms with Crippen molar-refractivity contribution in [2.24, 2.45) is 0 Å². The number of fused-ring (bicyclic) bond motifs is 1. The largest absolute Gasteiger partial charge is 0.361 e. The van der Waals surface area contributed by atoms with Crippen LogP contribution in [0.3, 0.4) is 0 Å². The molecule has 3 aromatic rings. The Kier molecular flexibility index (Phi) is 3.61. The molecular weight excluding hydrogens is 303 g/mol. The first kappa shape index (κ1) is 14.6. The molecule has 1 aliphatic heterocycles. The molecule has 0 fully saturated rings. The average Bonchev–Trinajstić information content (AvgIpc) is 3.20. The highest BCUT2D eigenvalue weighted by atomic mass is 19.1. The highest BCUT2D eigenvalue weighted by Gasteiger charge is 2.17. The third kappa shape index (κ3) is 2.69. The van der Waals surface area contributed by atoms with E-state index >= 15 is 0 Å². The number of aromatic nitrogens is 1. The van der Waals surface area contributed by atoms with Gasteiger partial charge < -0.3 is 4.98 Å². The van der Waals surface area contributed by atoms with Gasteiger partial charge in [-0.3, -0.25) is 10.4 Å². The predicted octanol–water partition coefficient (Wildman–Crippen LogP) is 3.87. The number of halogens is 1. The van der Waals surface area contributed by atoms with Crippen molar-refractivity contribution in [1.29, 1.82) is 0 Å². The molecule has 0 amide bonds. The second kappa shape index (κ2) is 5.92. The van der Waals surface area contributed by atoms with Crippen LogP contribution in [0.25, 0.3) is 10.9 Å². The van der Waals surface area contributed by atoms with Crippen molar-refractivity contribution in [2.45, 2.75) is 13.3 Å². The lowest BCUT2D eigenvalue weighted by Gasteiger charge is -2.30. The van der Waals surface area contributed by atoms with Crippen molar-refractivity contribution in [3.8, 4) is 0 Å². The Labute approximate surface area is 140 Å². The first-order valence-corrected chi connectivity index (χ1v) is 8.02. The number of benzene rings is 2. The maximum absolute atomic E-state index is 13.5. The zero-order valence-corrected chi connectivity index (χ0v) is 13.5. The summed E-state index contributed by atoms with van der Waals surface area (Å²) in [5.74, 6) is -0.202. The Morgan fingerprint density at radius 2 is 1.92 bits per heavy atom. The molecule has 0 radical (unpaired) electrons. The van der Waals surface area contributed by atoms with Gasteiger partial charge in [0.05, 0.1) is 5.69 Å². The number of aryl methyl sites for hydroxylation is 1. The summed E-state index contributed by atoms with van der Waals surface area (Å²) < 4.78 is 13.5. The summed E-state index contributed by atoms with van der Waals surface area (Å²) in [5, 5.41) is 5.07. The molecule has 0 aliphatic carbocycles. The number of aromatic amines is 1. The van der Waals surface area contributed by atoms with E-state index in [9.17, 15) is 4.39 Å². The van der Waals surface area contributed by atoms with Gasteiger partial charge in [-0.1, -0.05) is 17.7 Å². The number of anilines is 1.